The van der Waals surface area contributed by atoms with Crippen molar-refractivity contribution >= 4 is 41.1 Å². The third kappa shape index (κ3) is 8.48. The lowest BCUT2D eigenvalue weighted by Crippen LogP contribution is -2.53. The maximum Gasteiger partial charge on any atom is 0.408 e. The van der Waals surface area contributed by atoms with Crippen LogP contribution in [0.25, 0.3) is 0 Å². The molecule has 9 nitrogen and oxygen atoms in total. The molecule has 2 aromatic carbocycles. The van der Waals surface area contributed by atoms with E-state index in [9.17, 15) is 19.2 Å². The van der Waals surface area contributed by atoms with Crippen LogP contribution in [-0.2, 0) is 19.1 Å². The Balaban J connectivity index is 2.55. The van der Waals surface area contributed by atoms with Crippen LogP contribution in [0.2, 0.25) is 5.02 Å². The highest BCUT2D eigenvalue weighted by molar-refractivity contribution is 6.34. The molecule has 0 saturated carbocycles. The minimum atomic E-state index is -1.34. The molecule has 0 aliphatic carbocycles. The topological polar surface area (TPSA) is 131 Å². The van der Waals surface area contributed by atoms with Gasteiger partial charge in [0.25, 0.3) is 5.91 Å². The molecule has 2 aromatic rings. The van der Waals surface area contributed by atoms with Crippen LogP contribution in [-0.4, -0.2) is 46.9 Å². The number of alkyl carbamates (subject to hydrolysis) is 1. The Morgan fingerprint density at radius 1 is 1.05 bits per heavy atom. The van der Waals surface area contributed by atoms with Gasteiger partial charge in [0, 0.05) is 6.54 Å². The highest BCUT2D eigenvalue weighted by atomic mass is 35.5. The highest BCUT2D eigenvalue weighted by Gasteiger charge is 2.36. The number of likely N-dealkylation sites (N-methyl/N-ethyl adjacent to an activating group) is 1. The van der Waals surface area contributed by atoms with Crippen molar-refractivity contribution in [2.24, 2.45) is 5.73 Å². The van der Waals surface area contributed by atoms with E-state index in [4.69, 9.17) is 22.1 Å². The van der Waals surface area contributed by atoms with Gasteiger partial charge in [0.05, 0.1) is 17.1 Å². The summed E-state index contributed by atoms with van der Waals surface area (Å²) < 4.78 is 5.28. The molecule has 0 radical (unpaired) electrons. The first-order valence-corrected chi connectivity index (χ1v) is 12.7. The smallest absolute Gasteiger partial charge is 0.408 e. The van der Waals surface area contributed by atoms with Gasteiger partial charge in [-0.1, -0.05) is 53.1 Å². The largest absolute Gasteiger partial charge is 0.444 e. The van der Waals surface area contributed by atoms with Gasteiger partial charge < -0.3 is 26.0 Å². The van der Waals surface area contributed by atoms with E-state index in [-0.39, 0.29) is 6.54 Å². The number of hydrogen-bond donors (Lipinski definition) is 3. The SMILES string of the molecule is CCN(C(=O)C(CC(N)=O)NC(=O)OC(C)(C)C)C(C(=O)Nc1c(C)cccc1Cl)c1cc(C)cc(C)c1. The number of hydrogen-bond acceptors (Lipinski definition) is 5. The lowest BCUT2D eigenvalue weighted by molar-refractivity contribution is -0.141. The molecule has 0 saturated heterocycles. The highest BCUT2D eigenvalue weighted by Crippen LogP contribution is 2.30. The normalized spacial score (nSPS) is 12.7. The van der Waals surface area contributed by atoms with E-state index in [2.05, 4.69) is 10.6 Å². The average molecular weight is 545 g/mol. The molecule has 0 bridgehead atoms. The van der Waals surface area contributed by atoms with Gasteiger partial charge in [0.2, 0.25) is 11.8 Å². The average Bonchev–Trinajstić information content (AvgIpc) is 2.76. The summed E-state index contributed by atoms with van der Waals surface area (Å²) in [5, 5.41) is 5.67. The van der Waals surface area contributed by atoms with Crippen molar-refractivity contribution in [1.82, 2.24) is 10.2 Å². The van der Waals surface area contributed by atoms with Crippen LogP contribution in [0, 0.1) is 20.8 Å². The van der Waals surface area contributed by atoms with Gasteiger partial charge in [-0.25, -0.2) is 4.79 Å². The number of carbonyl (C=O) groups excluding carboxylic acids is 4. The fourth-order valence-electron chi connectivity index (χ4n) is 4.14. The van der Waals surface area contributed by atoms with E-state index in [1.165, 1.54) is 4.90 Å². The number of halogens is 1. The third-order valence-electron chi connectivity index (χ3n) is 5.61. The van der Waals surface area contributed by atoms with Gasteiger partial charge in [-0.3, -0.25) is 14.4 Å². The summed E-state index contributed by atoms with van der Waals surface area (Å²) in [6.45, 7) is 12.4. The quantitative estimate of drug-likeness (QED) is 0.426. The number of nitrogens with two attached hydrogens (primary N) is 1. The summed E-state index contributed by atoms with van der Waals surface area (Å²) in [4.78, 5) is 53.3. The maximum absolute atomic E-state index is 13.8. The molecule has 0 spiro atoms. The Kier molecular flexibility index (Phi) is 10.3. The van der Waals surface area contributed by atoms with Crippen molar-refractivity contribution in [2.75, 3.05) is 11.9 Å². The number of para-hydroxylation sites is 1. The van der Waals surface area contributed by atoms with Gasteiger partial charge in [0.1, 0.15) is 17.7 Å². The Hall–Kier alpha value is -3.59. The lowest BCUT2D eigenvalue weighted by atomic mass is 9.98. The predicted octanol–water partition coefficient (Wildman–Crippen LogP) is 4.56. The lowest BCUT2D eigenvalue weighted by Gasteiger charge is -2.34. The minimum Gasteiger partial charge on any atom is -0.444 e. The molecule has 38 heavy (non-hydrogen) atoms. The van der Waals surface area contributed by atoms with Gasteiger partial charge in [0.15, 0.2) is 0 Å². The molecular formula is C28H37ClN4O5. The number of anilines is 1. The zero-order valence-corrected chi connectivity index (χ0v) is 23.7. The number of aryl methyl sites for hydroxylation is 3. The Bertz CT molecular complexity index is 1170. The summed E-state index contributed by atoms with van der Waals surface area (Å²) in [6.07, 6.45) is -1.36. The molecule has 4 N–H and O–H groups in total. The van der Waals surface area contributed by atoms with Crippen LogP contribution < -0.4 is 16.4 Å². The molecule has 2 unspecified atom stereocenters. The third-order valence-corrected chi connectivity index (χ3v) is 5.92. The predicted molar refractivity (Wildman–Crippen MR) is 148 cm³/mol. The summed E-state index contributed by atoms with van der Waals surface area (Å²) in [6, 6.07) is 8.38. The van der Waals surface area contributed by atoms with Crippen molar-refractivity contribution in [3.63, 3.8) is 0 Å². The molecular weight excluding hydrogens is 508 g/mol. The van der Waals surface area contributed by atoms with Crippen LogP contribution in [0.4, 0.5) is 10.5 Å². The molecule has 0 heterocycles. The van der Waals surface area contributed by atoms with Gasteiger partial charge in [-0.2, -0.15) is 0 Å². The molecule has 10 heteroatoms. The summed E-state index contributed by atoms with van der Waals surface area (Å²) in [7, 11) is 0. The van der Waals surface area contributed by atoms with Crippen molar-refractivity contribution in [3.8, 4) is 0 Å². The number of nitrogens with one attached hydrogen (secondary N) is 2. The first kappa shape index (κ1) is 30.6. The van der Waals surface area contributed by atoms with E-state index in [0.29, 0.717) is 16.3 Å². The molecule has 206 valence electrons. The van der Waals surface area contributed by atoms with Crippen molar-refractivity contribution in [1.29, 1.82) is 0 Å². The molecule has 4 amide bonds. The van der Waals surface area contributed by atoms with E-state index in [0.717, 1.165) is 16.7 Å². The second kappa shape index (κ2) is 12.8. The molecule has 0 aliphatic rings. The van der Waals surface area contributed by atoms with Crippen molar-refractivity contribution in [2.45, 2.75) is 72.6 Å². The first-order chi connectivity index (χ1) is 17.6. The van der Waals surface area contributed by atoms with Gasteiger partial charge in [-0.05, 0) is 65.7 Å². The minimum absolute atomic E-state index is 0.0939. The number of ether oxygens (including phenoxy) is 1. The van der Waals surface area contributed by atoms with E-state index < -0.39 is 47.9 Å². The van der Waals surface area contributed by atoms with Gasteiger partial charge >= 0.3 is 6.09 Å². The Labute approximate surface area is 229 Å². The fourth-order valence-corrected chi connectivity index (χ4v) is 4.41. The standard InChI is InChI=1S/C28H37ClN4O5/c1-8-33(26(36)21(15-22(30)34)31-27(37)38-28(5,6)7)24(19-13-16(2)12-17(3)14-19)25(35)32-23-18(4)10-9-11-20(23)29/h9-14,21,24H,8,15H2,1-7H3,(H2,30,34)(H,31,37)(H,32,35). The number of benzene rings is 2. The van der Waals surface area contributed by atoms with E-state index in [1.54, 1.807) is 39.8 Å². The molecule has 2 atom stereocenters. The van der Waals surface area contributed by atoms with Crippen LogP contribution in [0.15, 0.2) is 36.4 Å². The van der Waals surface area contributed by atoms with Crippen LogP contribution in [0.1, 0.15) is 62.4 Å². The Morgan fingerprint density at radius 3 is 2.16 bits per heavy atom. The fraction of sp³-hybridized carbons (Fsp3) is 0.429. The number of nitrogens with zero attached hydrogens (tertiary/aromatic N) is 1. The molecule has 0 fully saturated rings. The van der Waals surface area contributed by atoms with Crippen molar-refractivity contribution < 1.29 is 23.9 Å². The maximum atomic E-state index is 13.8. The van der Waals surface area contributed by atoms with Crippen LogP contribution in [0.5, 0.6) is 0 Å². The number of primary amides is 1. The number of amides is 4. The summed E-state index contributed by atoms with van der Waals surface area (Å²) in [5.74, 6) is -1.96. The second-order valence-electron chi connectivity index (χ2n) is 10.2. The van der Waals surface area contributed by atoms with E-state index in [1.807, 2.05) is 45.0 Å². The monoisotopic (exact) mass is 544 g/mol. The van der Waals surface area contributed by atoms with Gasteiger partial charge in [-0.15, -0.1) is 0 Å². The Morgan fingerprint density at radius 2 is 1.66 bits per heavy atom. The first-order valence-electron chi connectivity index (χ1n) is 12.4. The molecule has 2 rings (SSSR count). The summed E-state index contributed by atoms with van der Waals surface area (Å²) in [5.41, 5.74) is 8.11. The second-order valence-corrected chi connectivity index (χ2v) is 10.6. The zero-order chi connectivity index (χ0) is 28.8. The molecule has 0 aliphatic heterocycles. The number of carbonyl (C=O) groups is 4. The van der Waals surface area contributed by atoms with Crippen LogP contribution >= 0.6 is 11.6 Å². The van der Waals surface area contributed by atoms with Crippen LogP contribution in [0.3, 0.4) is 0 Å². The van der Waals surface area contributed by atoms with E-state index >= 15 is 0 Å². The summed E-state index contributed by atoms with van der Waals surface area (Å²) >= 11 is 6.36. The number of rotatable bonds is 9. The van der Waals surface area contributed by atoms with Crippen molar-refractivity contribution in [3.05, 3.63) is 63.7 Å². The zero-order valence-electron chi connectivity index (χ0n) is 23.0. The molecule has 0 aromatic heterocycles.